The topological polar surface area (TPSA) is 43.4 Å². The van der Waals surface area contributed by atoms with Gasteiger partial charge in [-0.25, -0.2) is 0 Å². The van der Waals surface area contributed by atoms with Crippen LogP contribution in [0.4, 0.5) is 0 Å². The molecule has 0 radical (unpaired) electrons. The number of furan rings is 1. The monoisotopic (exact) mass is 304 g/mol. The summed E-state index contributed by atoms with van der Waals surface area (Å²) < 4.78 is 11.7. The van der Waals surface area contributed by atoms with Crippen LogP contribution in [0.15, 0.2) is 56.3 Å². The van der Waals surface area contributed by atoms with Gasteiger partial charge >= 0.3 is 0 Å². The second-order valence-electron chi connectivity index (χ2n) is 6.03. The van der Waals surface area contributed by atoms with E-state index < -0.39 is 0 Å². The molecule has 0 aliphatic heterocycles. The number of hydrogen-bond donors (Lipinski definition) is 0. The Balaban J connectivity index is 2.11. The van der Waals surface area contributed by atoms with E-state index >= 15 is 0 Å². The van der Waals surface area contributed by atoms with Gasteiger partial charge in [0, 0.05) is 11.6 Å². The first kappa shape index (κ1) is 13.8. The molecule has 3 nitrogen and oxygen atoms in total. The quantitative estimate of drug-likeness (QED) is 0.489. The molecule has 2 heterocycles. The summed E-state index contributed by atoms with van der Waals surface area (Å²) >= 11 is 0. The van der Waals surface area contributed by atoms with Crippen LogP contribution in [0.2, 0.25) is 0 Å². The van der Waals surface area contributed by atoms with Crippen molar-refractivity contribution < 1.29 is 8.83 Å². The largest absolute Gasteiger partial charge is 0.464 e. The zero-order chi connectivity index (χ0) is 16.1. The number of benzene rings is 2. The Labute approximate surface area is 133 Å². The van der Waals surface area contributed by atoms with Gasteiger partial charge in [-0.2, -0.15) is 0 Å². The summed E-state index contributed by atoms with van der Waals surface area (Å²) in [6.45, 7) is 6.02. The Morgan fingerprint density at radius 2 is 1.74 bits per heavy atom. The summed E-state index contributed by atoms with van der Waals surface area (Å²) in [5.74, 6) is 0.591. The van der Waals surface area contributed by atoms with Crippen molar-refractivity contribution in [3.8, 4) is 11.3 Å². The van der Waals surface area contributed by atoms with Crippen molar-refractivity contribution in [1.82, 2.24) is 0 Å². The highest BCUT2D eigenvalue weighted by atomic mass is 16.3. The van der Waals surface area contributed by atoms with Gasteiger partial charge in [-0.05, 0) is 44.0 Å². The summed E-state index contributed by atoms with van der Waals surface area (Å²) in [5.41, 5.74) is 5.46. The van der Waals surface area contributed by atoms with Crippen LogP contribution in [0.1, 0.15) is 16.7 Å². The van der Waals surface area contributed by atoms with Crippen LogP contribution in [-0.4, -0.2) is 0 Å². The van der Waals surface area contributed by atoms with E-state index in [1.165, 1.54) is 5.56 Å². The molecule has 0 bridgehead atoms. The first-order valence-electron chi connectivity index (χ1n) is 7.57. The van der Waals surface area contributed by atoms with Crippen LogP contribution in [0.3, 0.4) is 0 Å². The lowest BCUT2D eigenvalue weighted by atomic mass is 10.0. The van der Waals surface area contributed by atoms with Crippen LogP contribution in [-0.2, 0) is 0 Å². The lowest BCUT2D eigenvalue weighted by Crippen LogP contribution is -2.01. The van der Waals surface area contributed by atoms with Crippen LogP contribution in [0.5, 0.6) is 0 Å². The molecule has 0 unspecified atom stereocenters. The zero-order valence-corrected chi connectivity index (χ0v) is 13.3. The molecular weight excluding hydrogens is 288 g/mol. The van der Waals surface area contributed by atoms with Gasteiger partial charge in [0.05, 0.1) is 17.0 Å². The normalized spacial score (nSPS) is 11.4. The van der Waals surface area contributed by atoms with E-state index in [0.29, 0.717) is 16.7 Å². The molecule has 0 aliphatic rings. The molecule has 0 N–H and O–H groups in total. The predicted molar refractivity (Wildman–Crippen MR) is 91.9 cm³/mol. The van der Waals surface area contributed by atoms with Gasteiger partial charge in [0.2, 0.25) is 0 Å². The van der Waals surface area contributed by atoms with E-state index in [4.69, 9.17) is 8.83 Å². The van der Waals surface area contributed by atoms with Crippen molar-refractivity contribution in [3.63, 3.8) is 0 Å². The lowest BCUT2D eigenvalue weighted by molar-refractivity contribution is 0.610. The van der Waals surface area contributed by atoms with Crippen molar-refractivity contribution in [2.75, 3.05) is 0 Å². The highest BCUT2D eigenvalue weighted by Crippen LogP contribution is 2.32. The van der Waals surface area contributed by atoms with Crippen molar-refractivity contribution in [2.24, 2.45) is 0 Å². The molecule has 0 saturated heterocycles. The van der Waals surface area contributed by atoms with Crippen LogP contribution >= 0.6 is 0 Å². The fourth-order valence-corrected chi connectivity index (χ4v) is 3.11. The number of aryl methyl sites for hydroxylation is 3. The maximum Gasteiger partial charge on any atom is 0.193 e. The zero-order valence-electron chi connectivity index (χ0n) is 13.3. The molecule has 114 valence electrons. The Morgan fingerprint density at radius 1 is 0.913 bits per heavy atom. The fourth-order valence-electron chi connectivity index (χ4n) is 3.11. The number of rotatable bonds is 1. The van der Waals surface area contributed by atoms with E-state index in [9.17, 15) is 4.79 Å². The second-order valence-corrected chi connectivity index (χ2v) is 6.03. The van der Waals surface area contributed by atoms with Crippen molar-refractivity contribution in [3.05, 3.63) is 69.6 Å². The van der Waals surface area contributed by atoms with Crippen LogP contribution in [0, 0.1) is 20.8 Å². The van der Waals surface area contributed by atoms with Crippen molar-refractivity contribution >= 4 is 21.9 Å². The second kappa shape index (κ2) is 4.85. The molecule has 0 saturated carbocycles. The maximum absolute atomic E-state index is 12.5. The third kappa shape index (κ3) is 2.08. The molecule has 0 amide bonds. The van der Waals surface area contributed by atoms with Gasteiger partial charge in [0.1, 0.15) is 16.9 Å². The molecule has 2 aromatic heterocycles. The summed E-state index contributed by atoms with van der Waals surface area (Å²) in [4.78, 5) is 12.5. The molecule has 4 aromatic rings. The third-order valence-electron chi connectivity index (χ3n) is 4.26. The third-order valence-corrected chi connectivity index (χ3v) is 4.26. The molecule has 2 aromatic carbocycles. The summed E-state index contributed by atoms with van der Waals surface area (Å²) in [7, 11) is 0. The Morgan fingerprint density at radius 3 is 2.52 bits per heavy atom. The standard InChI is InChI=1S/C20H16O3/c1-11-4-5-14(12(2)8-11)18-9-16(21)15-6-7-17-19(20(15)23-18)13(3)10-22-17/h4-10H,1-3H3. The predicted octanol–water partition coefficient (Wildman–Crippen LogP) is 5.13. The summed E-state index contributed by atoms with van der Waals surface area (Å²) in [6, 6.07) is 11.3. The fraction of sp³-hybridized carbons (Fsp3) is 0.150. The molecule has 0 aliphatic carbocycles. The molecule has 0 atom stereocenters. The van der Waals surface area contributed by atoms with Gasteiger partial charge in [0.25, 0.3) is 0 Å². The number of fused-ring (bicyclic) bond motifs is 3. The van der Waals surface area contributed by atoms with E-state index in [1.54, 1.807) is 18.4 Å². The summed E-state index contributed by atoms with van der Waals surface area (Å²) in [5, 5.41) is 1.45. The molecule has 3 heteroatoms. The Hall–Kier alpha value is -2.81. The van der Waals surface area contributed by atoms with Crippen LogP contribution in [0.25, 0.3) is 33.3 Å². The first-order chi connectivity index (χ1) is 11.0. The average Bonchev–Trinajstić information content (AvgIpc) is 2.89. The van der Waals surface area contributed by atoms with Crippen LogP contribution < -0.4 is 5.43 Å². The minimum Gasteiger partial charge on any atom is -0.464 e. The minimum absolute atomic E-state index is 0.0382. The molecule has 0 fully saturated rings. The molecule has 0 spiro atoms. The minimum atomic E-state index is -0.0382. The lowest BCUT2D eigenvalue weighted by Gasteiger charge is -2.08. The summed E-state index contributed by atoms with van der Waals surface area (Å²) in [6.07, 6.45) is 1.69. The highest BCUT2D eigenvalue weighted by Gasteiger charge is 2.14. The van der Waals surface area contributed by atoms with Gasteiger partial charge in [-0.3, -0.25) is 4.79 Å². The van der Waals surface area contributed by atoms with Crippen molar-refractivity contribution in [2.45, 2.75) is 20.8 Å². The Bertz CT molecular complexity index is 1110. The SMILES string of the molecule is Cc1ccc(-c2cc(=O)c3ccc4occ(C)c4c3o2)c(C)c1. The van der Waals surface area contributed by atoms with Gasteiger partial charge < -0.3 is 8.83 Å². The Kier molecular flexibility index (Phi) is 2.91. The molecule has 23 heavy (non-hydrogen) atoms. The van der Waals surface area contributed by atoms with E-state index in [0.717, 1.165) is 27.7 Å². The van der Waals surface area contributed by atoms with E-state index in [1.807, 2.05) is 39.0 Å². The van der Waals surface area contributed by atoms with E-state index in [2.05, 4.69) is 6.07 Å². The van der Waals surface area contributed by atoms with Gasteiger partial charge in [0.15, 0.2) is 5.43 Å². The number of hydrogen-bond acceptors (Lipinski definition) is 3. The highest BCUT2D eigenvalue weighted by molar-refractivity contribution is 6.04. The maximum atomic E-state index is 12.5. The van der Waals surface area contributed by atoms with Gasteiger partial charge in [-0.15, -0.1) is 0 Å². The average molecular weight is 304 g/mol. The van der Waals surface area contributed by atoms with Crippen molar-refractivity contribution in [1.29, 1.82) is 0 Å². The smallest absolute Gasteiger partial charge is 0.193 e. The van der Waals surface area contributed by atoms with Gasteiger partial charge in [-0.1, -0.05) is 23.8 Å². The first-order valence-corrected chi connectivity index (χ1v) is 7.57. The molecular formula is C20H16O3. The molecule has 4 rings (SSSR count). The van der Waals surface area contributed by atoms with E-state index in [-0.39, 0.29) is 5.43 Å².